The number of benzene rings is 1. The van der Waals surface area contributed by atoms with Crippen LogP contribution in [0.5, 0.6) is 5.75 Å². The van der Waals surface area contributed by atoms with Gasteiger partial charge in [0, 0.05) is 12.6 Å². The Hall–Kier alpha value is -2.74. The average molecular weight is 425 g/mol. The van der Waals surface area contributed by atoms with E-state index in [9.17, 15) is 4.39 Å². The van der Waals surface area contributed by atoms with Gasteiger partial charge in [0.2, 0.25) is 5.95 Å². The Kier molecular flexibility index (Phi) is 5.48. The van der Waals surface area contributed by atoms with Gasteiger partial charge in [0.15, 0.2) is 5.65 Å². The van der Waals surface area contributed by atoms with Crippen molar-refractivity contribution in [1.29, 1.82) is 0 Å². The third-order valence-corrected chi connectivity index (χ3v) is 6.32. The summed E-state index contributed by atoms with van der Waals surface area (Å²) in [6, 6.07) is 5.33. The standard InChI is InChI=1S/C23H29FN6O/c1-14-20-22(29-23(26-14)27-16-6-7-16)30(13-10-15-8-11-25-12-9-15)21(28-20)19-17(24)4-3-5-18(19)31-2/h3-5,15-16,25H,6-13H2,1-2H3,(H,26,27,29). The van der Waals surface area contributed by atoms with Gasteiger partial charge in [0.05, 0.1) is 18.4 Å². The van der Waals surface area contributed by atoms with Gasteiger partial charge in [-0.3, -0.25) is 0 Å². The maximum absolute atomic E-state index is 15.0. The SMILES string of the molecule is COc1cccc(F)c1-c1nc2c(C)nc(NC3CC3)nc2n1CCC1CCNCC1. The van der Waals surface area contributed by atoms with Gasteiger partial charge < -0.3 is 19.9 Å². The minimum absolute atomic E-state index is 0.347. The first-order chi connectivity index (χ1) is 15.1. The lowest BCUT2D eigenvalue weighted by Crippen LogP contribution is -2.28. The summed E-state index contributed by atoms with van der Waals surface area (Å²) >= 11 is 0. The molecule has 1 aliphatic heterocycles. The number of hydrogen-bond acceptors (Lipinski definition) is 6. The highest BCUT2D eigenvalue weighted by Crippen LogP contribution is 2.35. The van der Waals surface area contributed by atoms with Crippen LogP contribution in [-0.2, 0) is 6.54 Å². The Bertz CT molecular complexity index is 1090. The number of aryl methyl sites for hydroxylation is 2. The molecule has 0 unspecified atom stereocenters. The van der Waals surface area contributed by atoms with Gasteiger partial charge in [-0.15, -0.1) is 0 Å². The largest absolute Gasteiger partial charge is 0.496 e. The molecule has 0 bridgehead atoms. The Morgan fingerprint density at radius 2 is 1.97 bits per heavy atom. The lowest BCUT2D eigenvalue weighted by molar-refractivity contribution is 0.339. The van der Waals surface area contributed by atoms with E-state index >= 15 is 0 Å². The Labute approximate surface area is 181 Å². The summed E-state index contributed by atoms with van der Waals surface area (Å²) < 4.78 is 22.5. The molecule has 1 saturated carbocycles. The van der Waals surface area contributed by atoms with Crippen LogP contribution in [0.3, 0.4) is 0 Å². The van der Waals surface area contributed by atoms with Crippen molar-refractivity contribution in [3.63, 3.8) is 0 Å². The molecule has 2 N–H and O–H groups in total. The van der Waals surface area contributed by atoms with Crippen molar-refractivity contribution in [2.45, 2.75) is 51.6 Å². The highest BCUT2D eigenvalue weighted by molar-refractivity contribution is 5.81. The van der Waals surface area contributed by atoms with Crippen molar-refractivity contribution in [3.05, 3.63) is 29.7 Å². The summed E-state index contributed by atoms with van der Waals surface area (Å²) in [5, 5.41) is 6.82. The number of fused-ring (bicyclic) bond motifs is 1. The van der Waals surface area contributed by atoms with Crippen molar-refractivity contribution in [2.24, 2.45) is 5.92 Å². The molecule has 1 aromatic carbocycles. The van der Waals surface area contributed by atoms with E-state index in [1.165, 1.54) is 6.07 Å². The topological polar surface area (TPSA) is 76.9 Å². The van der Waals surface area contributed by atoms with E-state index in [1.807, 2.05) is 6.92 Å². The molecule has 7 nitrogen and oxygen atoms in total. The van der Waals surface area contributed by atoms with Crippen LogP contribution in [0, 0.1) is 18.7 Å². The zero-order chi connectivity index (χ0) is 21.4. The Morgan fingerprint density at radius 3 is 2.71 bits per heavy atom. The number of rotatable bonds is 7. The summed E-state index contributed by atoms with van der Waals surface area (Å²) in [6.07, 6.45) is 5.62. The van der Waals surface area contributed by atoms with Crippen LogP contribution in [0.25, 0.3) is 22.6 Å². The van der Waals surface area contributed by atoms with Crippen LogP contribution in [0.1, 0.15) is 37.8 Å². The van der Waals surface area contributed by atoms with Gasteiger partial charge >= 0.3 is 0 Å². The van der Waals surface area contributed by atoms with E-state index < -0.39 is 0 Å². The summed E-state index contributed by atoms with van der Waals surface area (Å²) in [7, 11) is 1.56. The number of nitrogens with one attached hydrogen (secondary N) is 2. The van der Waals surface area contributed by atoms with Crippen LogP contribution in [0.2, 0.25) is 0 Å². The lowest BCUT2D eigenvalue weighted by atomic mass is 9.94. The number of imidazole rings is 1. The summed E-state index contributed by atoms with van der Waals surface area (Å²) in [5.74, 6) is 1.95. The number of nitrogens with zero attached hydrogens (tertiary/aromatic N) is 4. The summed E-state index contributed by atoms with van der Waals surface area (Å²) in [6.45, 7) is 4.78. The fourth-order valence-corrected chi connectivity index (χ4v) is 4.39. The number of methoxy groups -OCH3 is 1. The molecule has 0 spiro atoms. The van der Waals surface area contributed by atoms with Gasteiger partial charge in [-0.05, 0) is 70.2 Å². The smallest absolute Gasteiger partial charge is 0.225 e. The minimum Gasteiger partial charge on any atom is -0.496 e. The van der Waals surface area contributed by atoms with E-state index in [-0.39, 0.29) is 5.82 Å². The molecule has 0 atom stereocenters. The summed E-state index contributed by atoms with van der Waals surface area (Å²) in [4.78, 5) is 14.3. The second kappa shape index (κ2) is 8.42. The lowest BCUT2D eigenvalue weighted by Gasteiger charge is -2.23. The maximum Gasteiger partial charge on any atom is 0.225 e. The van der Waals surface area contributed by atoms with Crippen LogP contribution < -0.4 is 15.4 Å². The summed E-state index contributed by atoms with van der Waals surface area (Å²) in [5.41, 5.74) is 2.64. The molecule has 1 aliphatic carbocycles. The predicted molar refractivity (Wildman–Crippen MR) is 119 cm³/mol. The number of halogens is 1. The van der Waals surface area contributed by atoms with E-state index in [0.717, 1.165) is 63.1 Å². The zero-order valence-electron chi connectivity index (χ0n) is 18.1. The Balaban J connectivity index is 1.61. The second-order valence-electron chi connectivity index (χ2n) is 8.61. The molecule has 1 saturated heterocycles. The molecular weight excluding hydrogens is 395 g/mol. The normalized spacial score (nSPS) is 17.3. The maximum atomic E-state index is 15.0. The third-order valence-electron chi connectivity index (χ3n) is 6.32. The molecule has 8 heteroatoms. The predicted octanol–water partition coefficient (Wildman–Crippen LogP) is 3.91. The molecular formula is C23H29FN6O. The number of anilines is 1. The van der Waals surface area contributed by atoms with Gasteiger partial charge in [-0.2, -0.15) is 4.98 Å². The first-order valence-corrected chi connectivity index (χ1v) is 11.2. The van der Waals surface area contributed by atoms with E-state index in [4.69, 9.17) is 14.7 Å². The number of hydrogen-bond donors (Lipinski definition) is 2. The van der Waals surface area contributed by atoms with E-state index in [2.05, 4.69) is 20.2 Å². The molecule has 0 amide bonds. The van der Waals surface area contributed by atoms with Gasteiger partial charge in [-0.1, -0.05) is 6.07 Å². The number of ether oxygens (including phenoxy) is 1. The fraction of sp³-hybridized carbons (Fsp3) is 0.522. The molecule has 2 aromatic heterocycles. The monoisotopic (exact) mass is 424 g/mol. The van der Waals surface area contributed by atoms with E-state index in [0.29, 0.717) is 40.6 Å². The van der Waals surface area contributed by atoms with Crippen molar-refractivity contribution in [1.82, 2.24) is 24.8 Å². The van der Waals surface area contributed by atoms with Gasteiger partial charge in [0.1, 0.15) is 22.9 Å². The van der Waals surface area contributed by atoms with Crippen molar-refractivity contribution >= 4 is 17.1 Å². The van der Waals surface area contributed by atoms with Crippen LogP contribution in [0.15, 0.2) is 18.2 Å². The molecule has 3 heterocycles. The Morgan fingerprint density at radius 1 is 1.16 bits per heavy atom. The second-order valence-corrected chi connectivity index (χ2v) is 8.61. The molecule has 2 fully saturated rings. The molecule has 5 rings (SSSR count). The number of piperidine rings is 1. The highest BCUT2D eigenvalue weighted by atomic mass is 19.1. The third kappa shape index (κ3) is 4.08. The quantitative estimate of drug-likeness (QED) is 0.599. The van der Waals surface area contributed by atoms with Crippen molar-refractivity contribution in [2.75, 3.05) is 25.5 Å². The average Bonchev–Trinajstić information content (AvgIpc) is 3.52. The van der Waals surface area contributed by atoms with Crippen LogP contribution in [0.4, 0.5) is 10.3 Å². The molecule has 3 aromatic rings. The first kappa shape index (κ1) is 20.2. The van der Waals surface area contributed by atoms with Crippen LogP contribution >= 0.6 is 0 Å². The molecule has 164 valence electrons. The first-order valence-electron chi connectivity index (χ1n) is 11.2. The fourth-order valence-electron chi connectivity index (χ4n) is 4.39. The van der Waals surface area contributed by atoms with Crippen LogP contribution in [-0.4, -0.2) is 45.8 Å². The van der Waals surface area contributed by atoms with Crippen molar-refractivity contribution < 1.29 is 9.13 Å². The molecule has 31 heavy (non-hydrogen) atoms. The molecule has 2 aliphatic rings. The highest BCUT2D eigenvalue weighted by Gasteiger charge is 2.26. The minimum atomic E-state index is -0.347. The van der Waals surface area contributed by atoms with Crippen molar-refractivity contribution in [3.8, 4) is 17.1 Å². The molecule has 0 radical (unpaired) electrons. The van der Waals surface area contributed by atoms with E-state index in [1.54, 1.807) is 19.2 Å². The van der Waals surface area contributed by atoms with Gasteiger partial charge in [-0.25, -0.2) is 14.4 Å². The van der Waals surface area contributed by atoms with Gasteiger partial charge in [0.25, 0.3) is 0 Å². The zero-order valence-corrected chi connectivity index (χ0v) is 18.1. The number of aromatic nitrogens is 4.